The van der Waals surface area contributed by atoms with E-state index in [0.717, 1.165) is 5.56 Å². The van der Waals surface area contributed by atoms with Crippen LogP contribution in [0.4, 0.5) is 11.4 Å². The van der Waals surface area contributed by atoms with Crippen molar-refractivity contribution in [1.82, 2.24) is 19.5 Å². The number of amides is 2. The second kappa shape index (κ2) is 8.80. The van der Waals surface area contributed by atoms with Crippen molar-refractivity contribution in [3.8, 4) is 0 Å². The van der Waals surface area contributed by atoms with Gasteiger partial charge in [-0.3, -0.25) is 9.59 Å². The number of carbonyl (C=O) groups excluding carboxylic acids is 2. The van der Waals surface area contributed by atoms with Crippen LogP contribution in [0.15, 0.2) is 36.8 Å². The van der Waals surface area contributed by atoms with Crippen molar-refractivity contribution in [3.05, 3.63) is 53.5 Å². The summed E-state index contributed by atoms with van der Waals surface area (Å²) < 4.78 is 1.52. The molecule has 10 heteroatoms. The van der Waals surface area contributed by atoms with Crippen molar-refractivity contribution >= 4 is 28.8 Å². The minimum atomic E-state index is -0.872. The van der Waals surface area contributed by atoms with E-state index >= 15 is 0 Å². The smallest absolute Gasteiger partial charge is 0.261 e. The molecule has 3 N–H and O–H groups in total. The van der Waals surface area contributed by atoms with E-state index in [4.69, 9.17) is 0 Å². The predicted octanol–water partition coefficient (Wildman–Crippen LogP) is 1.53. The number of nitrogens with one attached hydrogen (secondary N) is 1. The Labute approximate surface area is 191 Å². The molecule has 10 nitrogen and oxygen atoms in total. The molecule has 2 aromatic heterocycles. The molecule has 3 heterocycles. The van der Waals surface area contributed by atoms with Gasteiger partial charge in [-0.25, -0.2) is 9.50 Å². The summed E-state index contributed by atoms with van der Waals surface area (Å²) in [5.74, 6) is -0.483. The fourth-order valence-electron chi connectivity index (χ4n) is 3.86. The summed E-state index contributed by atoms with van der Waals surface area (Å²) in [6.45, 7) is 4.50. The SMILES string of the molecule is CN(CCO)c1cc2c(cc1NC(=O)c1cnn3cccnc13)CN(CCC(C)(C)O)C2=O. The number of aromatic nitrogens is 3. The van der Waals surface area contributed by atoms with Gasteiger partial charge in [0.05, 0.1) is 29.8 Å². The molecule has 174 valence electrons. The van der Waals surface area contributed by atoms with Crippen molar-refractivity contribution in [2.45, 2.75) is 32.4 Å². The van der Waals surface area contributed by atoms with Gasteiger partial charge in [0, 0.05) is 44.6 Å². The first-order chi connectivity index (χ1) is 15.7. The Morgan fingerprint density at radius 1 is 1.33 bits per heavy atom. The van der Waals surface area contributed by atoms with Gasteiger partial charge < -0.3 is 25.3 Å². The highest BCUT2D eigenvalue weighted by Gasteiger charge is 2.31. The quantitative estimate of drug-likeness (QED) is 0.474. The van der Waals surface area contributed by atoms with Gasteiger partial charge in [0.25, 0.3) is 11.8 Å². The van der Waals surface area contributed by atoms with Crippen molar-refractivity contribution in [3.63, 3.8) is 0 Å². The number of carbonyl (C=O) groups is 2. The largest absolute Gasteiger partial charge is 0.395 e. The van der Waals surface area contributed by atoms with Gasteiger partial charge in [-0.1, -0.05) is 0 Å². The molecule has 0 unspecified atom stereocenters. The molecule has 0 saturated heterocycles. The third-order valence-electron chi connectivity index (χ3n) is 5.71. The first kappa shape index (κ1) is 22.7. The van der Waals surface area contributed by atoms with E-state index in [1.807, 2.05) is 0 Å². The number of aliphatic hydroxyl groups excluding tert-OH is 1. The fourth-order valence-corrected chi connectivity index (χ4v) is 3.86. The number of likely N-dealkylation sites (N-methyl/N-ethyl adjacent to an activating group) is 1. The van der Waals surface area contributed by atoms with Crippen LogP contribution in [0.5, 0.6) is 0 Å². The Bertz CT molecular complexity index is 1200. The summed E-state index contributed by atoms with van der Waals surface area (Å²) in [7, 11) is 1.79. The number of rotatable bonds is 8. The average Bonchev–Trinajstić information content (AvgIpc) is 3.32. The van der Waals surface area contributed by atoms with Gasteiger partial charge in [-0.15, -0.1) is 0 Å². The monoisotopic (exact) mass is 452 g/mol. The second-order valence-electron chi connectivity index (χ2n) is 8.86. The lowest BCUT2D eigenvalue weighted by molar-refractivity contribution is 0.0517. The van der Waals surface area contributed by atoms with Crippen LogP contribution in [0.1, 0.15) is 46.5 Å². The maximum atomic E-state index is 13.1. The van der Waals surface area contributed by atoms with Crippen LogP contribution in [0.25, 0.3) is 5.65 Å². The van der Waals surface area contributed by atoms with E-state index in [1.165, 1.54) is 10.7 Å². The summed E-state index contributed by atoms with van der Waals surface area (Å²) in [5, 5.41) is 26.6. The van der Waals surface area contributed by atoms with Crippen molar-refractivity contribution in [1.29, 1.82) is 0 Å². The first-order valence-corrected chi connectivity index (χ1v) is 10.8. The number of fused-ring (bicyclic) bond motifs is 2. The molecule has 0 atom stereocenters. The zero-order chi connectivity index (χ0) is 23.8. The van der Waals surface area contributed by atoms with Crippen LogP contribution < -0.4 is 10.2 Å². The zero-order valence-electron chi connectivity index (χ0n) is 18.9. The number of anilines is 2. The third-order valence-corrected chi connectivity index (χ3v) is 5.71. The minimum absolute atomic E-state index is 0.0788. The van der Waals surface area contributed by atoms with E-state index in [9.17, 15) is 19.8 Å². The summed E-state index contributed by atoms with van der Waals surface area (Å²) in [4.78, 5) is 33.8. The molecule has 1 aliphatic rings. The van der Waals surface area contributed by atoms with E-state index in [2.05, 4.69) is 15.4 Å². The molecule has 1 aromatic carbocycles. The molecule has 3 aromatic rings. The Morgan fingerprint density at radius 2 is 2.12 bits per heavy atom. The van der Waals surface area contributed by atoms with Crippen molar-refractivity contribution in [2.75, 3.05) is 37.0 Å². The highest BCUT2D eigenvalue weighted by Crippen LogP contribution is 2.34. The Morgan fingerprint density at radius 3 is 2.85 bits per heavy atom. The molecular formula is C23H28N6O4. The number of nitrogens with zero attached hydrogens (tertiary/aromatic N) is 5. The Kier molecular flexibility index (Phi) is 6.05. The fraction of sp³-hybridized carbons (Fsp3) is 0.391. The Hall–Kier alpha value is -3.50. The summed E-state index contributed by atoms with van der Waals surface area (Å²) in [5.41, 5.74) is 2.40. The van der Waals surface area contributed by atoms with Gasteiger partial charge >= 0.3 is 0 Å². The van der Waals surface area contributed by atoms with Gasteiger partial charge in [-0.2, -0.15) is 5.10 Å². The molecular weight excluding hydrogens is 424 g/mol. The molecule has 0 aliphatic carbocycles. The van der Waals surface area contributed by atoms with Crippen molar-refractivity contribution in [2.24, 2.45) is 0 Å². The van der Waals surface area contributed by atoms with Gasteiger partial charge in [0.1, 0.15) is 5.56 Å². The van der Waals surface area contributed by atoms with Crippen LogP contribution >= 0.6 is 0 Å². The molecule has 0 bridgehead atoms. The van der Waals surface area contributed by atoms with E-state index in [1.54, 1.807) is 61.3 Å². The van der Waals surface area contributed by atoms with E-state index in [0.29, 0.717) is 54.2 Å². The number of aliphatic hydroxyl groups is 2. The van der Waals surface area contributed by atoms with Gasteiger partial charge in [0.2, 0.25) is 0 Å². The predicted molar refractivity (Wildman–Crippen MR) is 123 cm³/mol. The highest BCUT2D eigenvalue weighted by atomic mass is 16.3. The maximum absolute atomic E-state index is 13.1. The van der Waals surface area contributed by atoms with E-state index in [-0.39, 0.29) is 18.4 Å². The molecule has 0 spiro atoms. The van der Waals surface area contributed by atoms with Crippen LogP contribution in [0.3, 0.4) is 0 Å². The molecule has 0 fully saturated rings. The number of hydrogen-bond acceptors (Lipinski definition) is 7. The van der Waals surface area contributed by atoms with Gasteiger partial charge in [0.15, 0.2) is 5.65 Å². The summed E-state index contributed by atoms with van der Waals surface area (Å²) in [6.07, 6.45) is 5.22. The first-order valence-electron chi connectivity index (χ1n) is 10.8. The number of benzene rings is 1. The van der Waals surface area contributed by atoms with Crippen LogP contribution in [0, 0.1) is 0 Å². The lowest BCUT2D eigenvalue weighted by Crippen LogP contribution is -2.31. The topological polar surface area (TPSA) is 123 Å². The van der Waals surface area contributed by atoms with Gasteiger partial charge in [-0.05, 0) is 44.0 Å². The highest BCUT2D eigenvalue weighted by molar-refractivity contribution is 6.10. The summed E-state index contributed by atoms with van der Waals surface area (Å²) in [6, 6.07) is 5.28. The van der Waals surface area contributed by atoms with E-state index < -0.39 is 5.60 Å². The third kappa shape index (κ3) is 4.67. The lowest BCUT2D eigenvalue weighted by Gasteiger charge is -2.22. The maximum Gasteiger partial charge on any atom is 0.261 e. The molecule has 33 heavy (non-hydrogen) atoms. The van der Waals surface area contributed by atoms with Crippen LogP contribution in [-0.2, 0) is 6.54 Å². The van der Waals surface area contributed by atoms with Crippen molar-refractivity contribution < 1.29 is 19.8 Å². The minimum Gasteiger partial charge on any atom is -0.395 e. The molecule has 1 aliphatic heterocycles. The van der Waals surface area contributed by atoms with Crippen LogP contribution in [0.2, 0.25) is 0 Å². The second-order valence-corrected chi connectivity index (χ2v) is 8.86. The average molecular weight is 453 g/mol. The standard InChI is InChI=1S/C23H28N6O4/c1-23(2,33)5-8-28-14-15-11-18(19(27(3)9-10-30)12-16(15)22(28)32)26-21(31)17-13-25-29-7-4-6-24-20(17)29/h4,6-7,11-13,30,33H,5,8-10,14H2,1-3H3,(H,26,31). The zero-order valence-corrected chi connectivity index (χ0v) is 18.9. The molecule has 0 saturated carbocycles. The number of hydrogen-bond donors (Lipinski definition) is 3. The summed E-state index contributed by atoms with van der Waals surface area (Å²) >= 11 is 0. The molecule has 2 amide bonds. The molecule has 0 radical (unpaired) electrons. The Balaban J connectivity index is 1.65. The molecule has 4 rings (SSSR count). The normalized spacial score (nSPS) is 13.5. The van der Waals surface area contributed by atoms with Crippen LogP contribution in [-0.4, -0.2) is 73.9 Å². The lowest BCUT2D eigenvalue weighted by atomic mass is 10.1.